The van der Waals surface area contributed by atoms with Crippen molar-refractivity contribution in [2.24, 2.45) is 5.73 Å². The third-order valence-corrected chi connectivity index (χ3v) is 3.10. The van der Waals surface area contributed by atoms with Crippen molar-refractivity contribution >= 4 is 17.1 Å². The minimum Gasteiger partial charge on any atom is -0.369 e. The minimum atomic E-state index is -0.429. The number of nitrogen functional groups attached to an aromatic ring is 1. The van der Waals surface area contributed by atoms with Crippen molar-refractivity contribution < 1.29 is 0 Å². The molecule has 1 saturated carbocycles. The molecule has 0 amide bonds. The van der Waals surface area contributed by atoms with Gasteiger partial charge in [0.05, 0.1) is 5.54 Å². The Balaban J connectivity index is 2.23. The van der Waals surface area contributed by atoms with Crippen molar-refractivity contribution in [2.45, 2.75) is 24.8 Å². The summed E-state index contributed by atoms with van der Waals surface area (Å²) in [7, 11) is 0. The number of hydrogen-bond acceptors (Lipinski definition) is 5. The monoisotopic (exact) mass is 220 g/mol. The van der Waals surface area contributed by atoms with Crippen LogP contribution < -0.4 is 17.0 Å². The Hall–Kier alpha value is -1.89. The molecule has 7 nitrogen and oxygen atoms in total. The van der Waals surface area contributed by atoms with Crippen LogP contribution in [0.15, 0.2) is 4.79 Å². The van der Waals surface area contributed by atoms with E-state index < -0.39 is 5.54 Å². The molecule has 0 saturated heterocycles. The average Bonchev–Trinajstić information content (AvgIpc) is 2.58. The number of anilines is 1. The summed E-state index contributed by atoms with van der Waals surface area (Å²) in [6.07, 6.45) is 2.83. The van der Waals surface area contributed by atoms with E-state index in [9.17, 15) is 4.79 Å². The highest BCUT2D eigenvalue weighted by Gasteiger charge is 2.37. The molecular weight excluding hydrogens is 208 g/mol. The van der Waals surface area contributed by atoms with Gasteiger partial charge in [0.25, 0.3) is 5.56 Å². The molecule has 3 rings (SSSR count). The molecule has 84 valence electrons. The van der Waals surface area contributed by atoms with Gasteiger partial charge in [-0.15, -0.1) is 0 Å². The maximum Gasteiger partial charge on any atom is 0.278 e. The van der Waals surface area contributed by atoms with E-state index in [0.29, 0.717) is 17.0 Å². The van der Waals surface area contributed by atoms with Crippen LogP contribution in [-0.2, 0) is 5.54 Å². The van der Waals surface area contributed by atoms with Crippen LogP contribution in [-0.4, -0.2) is 19.9 Å². The molecule has 2 aromatic rings. The van der Waals surface area contributed by atoms with Gasteiger partial charge < -0.3 is 16.5 Å². The van der Waals surface area contributed by atoms with Crippen LogP contribution in [0.4, 0.5) is 5.95 Å². The van der Waals surface area contributed by atoms with Crippen LogP contribution in [0.5, 0.6) is 0 Å². The zero-order chi connectivity index (χ0) is 11.3. The zero-order valence-corrected chi connectivity index (χ0v) is 8.58. The molecule has 0 radical (unpaired) electrons. The van der Waals surface area contributed by atoms with Gasteiger partial charge in [0.15, 0.2) is 11.2 Å². The fourth-order valence-electron chi connectivity index (χ4n) is 1.95. The Morgan fingerprint density at radius 3 is 2.62 bits per heavy atom. The minimum absolute atomic E-state index is 0.0650. The van der Waals surface area contributed by atoms with Gasteiger partial charge in [-0.05, 0) is 19.3 Å². The lowest BCUT2D eigenvalue weighted by Gasteiger charge is -2.35. The van der Waals surface area contributed by atoms with Crippen LogP contribution in [0.3, 0.4) is 0 Å². The highest BCUT2D eigenvalue weighted by molar-refractivity contribution is 5.70. The highest BCUT2D eigenvalue weighted by atomic mass is 16.1. The summed E-state index contributed by atoms with van der Waals surface area (Å²) in [4.78, 5) is 25.1. The predicted molar refractivity (Wildman–Crippen MR) is 58.6 cm³/mol. The van der Waals surface area contributed by atoms with E-state index in [1.165, 1.54) is 0 Å². The number of nitrogens with two attached hydrogens (primary N) is 2. The first-order valence-corrected chi connectivity index (χ1v) is 5.13. The molecule has 1 aliphatic carbocycles. The van der Waals surface area contributed by atoms with E-state index in [2.05, 4.69) is 19.9 Å². The van der Waals surface area contributed by atoms with Crippen LogP contribution >= 0.6 is 0 Å². The van der Waals surface area contributed by atoms with Crippen LogP contribution in [0.25, 0.3) is 11.2 Å². The van der Waals surface area contributed by atoms with E-state index in [1.54, 1.807) is 0 Å². The standard InChI is InChI=1S/C9H12N6O/c10-8-14-5-4(6(16)15-8)12-7(13-5)9(11)2-1-3-9/h1-3,11H2,(H4,10,12,13,14,15,16). The molecule has 2 heterocycles. The van der Waals surface area contributed by atoms with E-state index in [1.807, 2.05) is 0 Å². The fourth-order valence-corrected chi connectivity index (χ4v) is 1.95. The Labute approximate surface area is 90.3 Å². The average molecular weight is 220 g/mol. The first-order valence-electron chi connectivity index (χ1n) is 5.13. The van der Waals surface area contributed by atoms with Gasteiger partial charge in [-0.1, -0.05) is 0 Å². The van der Waals surface area contributed by atoms with Gasteiger partial charge in [-0.3, -0.25) is 9.78 Å². The van der Waals surface area contributed by atoms with Crippen molar-refractivity contribution in [2.75, 3.05) is 5.73 Å². The molecule has 0 atom stereocenters. The molecule has 1 fully saturated rings. The molecule has 0 spiro atoms. The second-order valence-electron chi connectivity index (χ2n) is 4.24. The van der Waals surface area contributed by atoms with E-state index >= 15 is 0 Å². The topological polar surface area (TPSA) is 126 Å². The Morgan fingerprint density at radius 1 is 1.25 bits per heavy atom. The van der Waals surface area contributed by atoms with Crippen molar-refractivity contribution in [1.82, 2.24) is 19.9 Å². The first kappa shape index (κ1) is 9.34. The van der Waals surface area contributed by atoms with Crippen molar-refractivity contribution in [1.29, 1.82) is 0 Å². The molecule has 0 aromatic carbocycles. The molecule has 7 heteroatoms. The number of nitrogens with one attached hydrogen (secondary N) is 2. The highest BCUT2D eigenvalue weighted by Crippen LogP contribution is 2.37. The van der Waals surface area contributed by atoms with Crippen LogP contribution in [0.1, 0.15) is 25.1 Å². The molecule has 0 unspecified atom stereocenters. The van der Waals surface area contributed by atoms with Crippen LogP contribution in [0.2, 0.25) is 0 Å². The first-order chi connectivity index (χ1) is 7.58. The third kappa shape index (κ3) is 1.15. The van der Waals surface area contributed by atoms with Crippen molar-refractivity contribution in [3.63, 3.8) is 0 Å². The van der Waals surface area contributed by atoms with Gasteiger partial charge in [0, 0.05) is 0 Å². The largest absolute Gasteiger partial charge is 0.369 e. The SMILES string of the molecule is Nc1nc2nc(C3(N)CCC3)[nH]c2c(=O)[nH]1. The quantitative estimate of drug-likeness (QED) is 0.518. The zero-order valence-electron chi connectivity index (χ0n) is 8.58. The van der Waals surface area contributed by atoms with E-state index in [0.717, 1.165) is 19.3 Å². The number of nitrogens with zero attached hydrogens (tertiary/aromatic N) is 2. The maximum atomic E-state index is 11.6. The van der Waals surface area contributed by atoms with Gasteiger partial charge in [-0.25, -0.2) is 4.98 Å². The fraction of sp³-hybridized carbons (Fsp3) is 0.444. The smallest absolute Gasteiger partial charge is 0.278 e. The predicted octanol–water partition coefficient (Wildman–Crippen LogP) is -0.434. The molecule has 0 bridgehead atoms. The summed E-state index contributed by atoms with van der Waals surface area (Å²) in [6.45, 7) is 0. The third-order valence-electron chi connectivity index (χ3n) is 3.10. The van der Waals surface area contributed by atoms with Gasteiger partial charge in [0.1, 0.15) is 5.82 Å². The van der Waals surface area contributed by atoms with Gasteiger partial charge in [0.2, 0.25) is 5.95 Å². The second kappa shape index (κ2) is 2.82. The Bertz CT molecular complexity index is 608. The molecule has 16 heavy (non-hydrogen) atoms. The number of H-pyrrole nitrogens is 2. The molecule has 6 N–H and O–H groups in total. The summed E-state index contributed by atoms with van der Waals surface area (Å²) in [5.41, 5.74) is 11.5. The number of aromatic nitrogens is 4. The summed E-state index contributed by atoms with van der Waals surface area (Å²) in [5.74, 6) is 0.688. The van der Waals surface area contributed by atoms with Gasteiger partial charge in [-0.2, -0.15) is 4.98 Å². The normalized spacial score (nSPS) is 18.6. The number of hydrogen-bond donors (Lipinski definition) is 4. The summed E-state index contributed by atoms with van der Waals surface area (Å²) in [6, 6.07) is 0. The molecule has 1 aliphatic rings. The summed E-state index contributed by atoms with van der Waals surface area (Å²) in [5, 5.41) is 0. The Kier molecular flexibility index (Phi) is 1.65. The maximum absolute atomic E-state index is 11.6. The van der Waals surface area contributed by atoms with Gasteiger partial charge >= 0.3 is 0 Å². The summed E-state index contributed by atoms with van der Waals surface area (Å²) >= 11 is 0. The van der Waals surface area contributed by atoms with Crippen molar-refractivity contribution in [3.8, 4) is 0 Å². The van der Waals surface area contributed by atoms with Crippen molar-refractivity contribution in [3.05, 3.63) is 16.2 Å². The molecule has 0 aliphatic heterocycles. The van der Waals surface area contributed by atoms with Crippen LogP contribution in [0, 0.1) is 0 Å². The number of fused-ring (bicyclic) bond motifs is 1. The number of rotatable bonds is 1. The molecular formula is C9H12N6O. The second-order valence-corrected chi connectivity index (χ2v) is 4.24. The number of aromatic amines is 2. The summed E-state index contributed by atoms with van der Waals surface area (Å²) < 4.78 is 0. The van der Waals surface area contributed by atoms with E-state index in [4.69, 9.17) is 11.5 Å². The van der Waals surface area contributed by atoms with E-state index in [-0.39, 0.29) is 11.5 Å². The lowest BCUT2D eigenvalue weighted by atomic mass is 9.77. The molecule has 2 aromatic heterocycles. The number of imidazole rings is 1. The lowest BCUT2D eigenvalue weighted by Crippen LogP contribution is -2.44. The Morgan fingerprint density at radius 2 is 2.00 bits per heavy atom. The lowest BCUT2D eigenvalue weighted by molar-refractivity contribution is 0.240.